The number of benzene rings is 3. The Balaban J connectivity index is 1.70. The summed E-state index contributed by atoms with van der Waals surface area (Å²) in [6.07, 6.45) is 1.79. The van der Waals surface area contributed by atoms with E-state index in [0.717, 1.165) is 32.5 Å². The lowest BCUT2D eigenvalue weighted by molar-refractivity contribution is 1.07. The smallest absolute Gasteiger partial charge is 0.267 e. The molecule has 0 amide bonds. The Bertz CT molecular complexity index is 1880. The van der Waals surface area contributed by atoms with E-state index >= 15 is 0 Å². The van der Waals surface area contributed by atoms with Crippen molar-refractivity contribution in [2.24, 2.45) is 0 Å². The first-order chi connectivity index (χ1) is 17.1. The maximum Gasteiger partial charge on any atom is 0.302 e. The molecule has 0 unspecified atom stereocenters. The zero-order valence-electron chi connectivity index (χ0n) is 18.1. The summed E-state index contributed by atoms with van der Waals surface area (Å²) >= 11 is 4.58. The minimum atomic E-state index is -0.513. The van der Waals surface area contributed by atoms with Gasteiger partial charge in [0.1, 0.15) is 0 Å². The van der Waals surface area contributed by atoms with Crippen molar-refractivity contribution in [1.29, 1.82) is 0 Å². The van der Waals surface area contributed by atoms with Crippen molar-refractivity contribution >= 4 is 49.5 Å². The van der Waals surface area contributed by atoms with Crippen LogP contribution in [0.25, 0.3) is 44.7 Å². The minimum absolute atomic E-state index is 0.0612. The van der Waals surface area contributed by atoms with E-state index in [9.17, 15) is 9.59 Å². The predicted octanol–water partition coefficient (Wildman–Crippen LogP) is 4.70. The van der Waals surface area contributed by atoms with E-state index in [2.05, 4.69) is 20.9 Å². The summed E-state index contributed by atoms with van der Waals surface area (Å²) in [7, 11) is 0. The molecule has 0 fully saturated rings. The third-order valence-electron chi connectivity index (χ3n) is 5.56. The Kier molecular flexibility index (Phi) is 5.32. The topological polar surface area (TPSA) is 77.2 Å². The number of fused-ring (bicyclic) bond motifs is 3. The van der Waals surface area contributed by atoms with E-state index in [1.165, 1.54) is 4.40 Å². The monoisotopic (exact) mass is 538 g/mol. The normalized spacial score (nSPS) is 12.0. The summed E-state index contributed by atoms with van der Waals surface area (Å²) in [5.41, 5.74) is 3.14. The molecule has 0 aliphatic rings. The van der Waals surface area contributed by atoms with Gasteiger partial charge in [0.25, 0.3) is 5.56 Å². The molecule has 0 saturated carbocycles. The largest absolute Gasteiger partial charge is 0.302 e. The third kappa shape index (κ3) is 3.86. The van der Waals surface area contributed by atoms with E-state index < -0.39 is 5.56 Å². The van der Waals surface area contributed by atoms with Crippen LogP contribution in [0.4, 0.5) is 0 Å². The summed E-state index contributed by atoms with van der Waals surface area (Å²) in [6, 6.07) is 26.8. The first kappa shape index (κ1) is 21.5. The number of thiazole rings is 1. The Morgan fingerprint density at radius 1 is 0.743 bits per heavy atom. The van der Waals surface area contributed by atoms with Crippen LogP contribution in [0, 0.1) is 0 Å². The molecule has 3 aromatic carbocycles. The second kappa shape index (κ2) is 8.65. The molecule has 0 aliphatic carbocycles. The second-order valence-electron chi connectivity index (χ2n) is 7.83. The maximum atomic E-state index is 13.5. The van der Waals surface area contributed by atoms with Crippen LogP contribution < -0.4 is 15.7 Å². The van der Waals surface area contributed by atoms with Gasteiger partial charge in [-0.25, -0.2) is 14.4 Å². The van der Waals surface area contributed by atoms with Gasteiger partial charge in [0, 0.05) is 15.6 Å². The molecule has 3 aromatic heterocycles. The quantitative estimate of drug-likeness (QED) is 0.326. The highest BCUT2D eigenvalue weighted by atomic mass is 79.9. The summed E-state index contributed by atoms with van der Waals surface area (Å²) in [5.74, 6) is 0. The van der Waals surface area contributed by atoms with Gasteiger partial charge >= 0.3 is 5.56 Å². The molecule has 0 N–H and O–H groups in total. The van der Waals surface area contributed by atoms with Gasteiger partial charge in [-0.1, -0.05) is 100 Å². The van der Waals surface area contributed by atoms with Gasteiger partial charge in [-0.05, 0) is 23.8 Å². The Morgan fingerprint density at radius 3 is 1.97 bits per heavy atom. The predicted molar refractivity (Wildman–Crippen MR) is 143 cm³/mol. The molecule has 0 saturated heterocycles. The van der Waals surface area contributed by atoms with Crippen LogP contribution >= 0.6 is 27.3 Å². The fourth-order valence-electron chi connectivity index (χ4n) is 3.91. The highest BCUT2D eigenvalue weighted by Gasteiger charge is 2.19. The molecule has 6 nitrogen and oxygen atoms in total. The summed E-state index contributed by atoms with van der Waals surface area (Å²) < 4.78 is 2.80. The second-order valence-corrected chi connectivity index (χ2v) is 9.75. The van der Waals surface area contributed by atoms with E-state index in [4.69, 9.17) is 9.97 Å². The van der Waals surface area contributed by atoms with Gasteiger partial charge in [0.2, 0.25) is 4.96 Å². The molecule has 0 bridgehead atoms. The summed E-state index contributed by atoms with van der Waals surface area (Å²) in [4.78, 5) is 40.5. The molecule has 3 heterocycles. The van der Waals surface area contributed by atoms with Crippen molar-refractivity contribution < 1.29 is 0 Å². The molecular weight excluding hydrogens is 524 g/mol. The van der Waals surface area contributed by atoms with E-state index in [1.54, 1.807) is 6.08 Å². The van der Waals surface area contributed by atoms with Crippen molar-refractivity contribution in [1.82, 2.24) is 19.4 Å². The molecule has 0 radical (unpaired) electrons. The van der Waals surface area contributed by atoms with Crippen molar-refractivity contribution in [3.8, 4) is 22.5 Å². The number of rotatable bonds is 3. The van der Waals surface area contributed by atoms with Crippen LogP contribution in [0.5, 0.6) is 0 Å². The first-order valence-corrected chi connectivity index (χ1v) is 12.3. The standard InChI is InChI=1S/C27H15BrN4O2S/c28-19-13-11-16(12-14-19)15-20-26(34)32-24-23(25(33)31-27(32)35-20)29-21(17-7-3-1-4-8-17)22(30-24)18-9-5-2-6-10-18/h1-15H/b20-15-. The lowest BCUT2D eigenvalue weighted by atomic mass is 10.0. The van der Waals surface area contributed by atoms with E-state index in [1.807, 2.05) is 84.9 Å². The van der Waals surface area contributed by atoms with Crippen molar-refractivity contribution in [2.75, 3.05) is 0 Å². The van der Waals surface area contributed by atoms with Crippen LogP contribution in [-0.2, 0) is 0 Å². The van der Waals surface area contributed by atoms with Crippen molar-refractivity contribution in [3.63, 3.8) is 0 Å². The summed E-state index contributed by atoms with van der Waals surface area (Å²) in [6.45, 7) is 0. The summed E-state index contributed by atoms with van der Waals surface area (Å²) in [5, 5.41) is 0. The zero-order valence-corrected chi connectivity index (χ0v) is 20.5. The zero-order chi connectivity index (χ0) is 23.9. The van der Waals surface area contributed by atoms with Gasteiger partial charge in [-0.2, -0.15) is 4.98 Å². The Hall–Kier alpha value is -4.01. The van der Waals surface area contributed by atoms with Crippen LogP contribution in [0.2, 0.25) is 0 Å². The van der Waals surface area contributed by atoms with Crippen LogP contribution in [0.3, 0.4) is 0 Å². The number of hydrogen-bond donors (Lipinski definition) is 0. The molecule has 168 valence electrons. The number of nitrogens with zero attached hydrogens (tertiary/aromatic N) is 4. The van der Waals surface area contributed by atoms with E-state index in [-0.39, 0.29) is 21.7 Å². The molecule has 0 spiro atoms. The average molecular weight is 539 g/mol. The van der Waals surface area contributed by atoms with E-state index in [0.29, 0.717) is 15.9 Å². The third-order valence-corrected chi connectivity index (χ3v) is 7.06. The van der Waals surface area contributed by atoms with Gasteiger partial charge in [0.15, 0.2) is 11.2 Å². The Morgan fingerprint density at radius 2 is 1.34 bits per heavy atom. The molecule has 6 rings (SSSR count). The van der Waals surface area contributed by atoms with Crippen LogP contribution in [0.15, 0.2) is 99.0 Å². The molecule has 35 heavy (non-hydrogen) atoms. The number of hydrogen-bond acceptors (Lipinski definition) is 6. The molecular formula is C27H15BrN4O2S. The van der Waals surface area contributed by atoms with Crippen LogP contribution in [-0.4, -0.2) is 19.4 Å². The molecule has 6 aromatic rings. The van der Waals surface area contributed by atoms with Crippen molar-refractivity contribution in [2.45, 2.75) is 0 Å². The lowest BCUT2D eigenvalue weighted by Gasteiger charge is -2.10. The average Bonchev–Trinajstić information content (AvgIpc) is 3.20. The van der Waals surface area contributed by atoms with Gasteiger partial charge in [-0.15, -0.1) is 0 Å². The maximum absolute atomic E-state index is 13.5. The fraction of sp³-hybridized carbons (Fsp3) is 0. The van der Waals surface area contributed by atoms with Crippen LogP contribution in [0.1, 0.15) is 5.56 Å². The SMILES string of the molecule is O=c1nc2s/c(=C\c3ccc(Br)cc3)c(=O)n2c2nc(-c3ccccc3)c(-c3ccccc3)nc12. The minimum Gasteiger partial charge on any atom is -0.267 e. The number of aromatic nitrogens is 4. The number of halogens is 1. The van der Waals surface area contributed by atoms with Gasteiger partial charge in [0.05, 0.1) is 15.9 Å². The highest BCUT2D eigenvalue weighted by Crippen LogP contribution is 2.30. The highest BCUT2D eigenvalue weighted by molar-refractivity contribution is 9.10. The molecule has 8 heteroatoms. The lowest BCUT2D eigenvalue weighted by Crippen LogP contribution is -2.25. The van der Waals surface area contributed by atoms with Gasteiger partial charge < -0.3 is 0 Å². The molecule has 0 aliphatic heterocycles. The molecule has 0 atom stereocenters. The Labute approximate surface area is 211 Å². The first-order valence-electron chi connectivity index (χ1n) is 10.7. The fourth-order valence-corrected chi connectivity index (χ4v) is 5.13. The van der Waals surface area contributed by atoms with Crippen molar-refractivity contribution in [3.05, 3.63) is 120 Å². The van der Waals surface area contributed by atoms with Gasteiger partial charge in [-0.3, -0.25) is 9.59 Å².